The summed E-state index contributed by atoms with van der Waals surface area (Å²) in [6.45, 7) is 0. The molecule has 0 spiro atoms. The molecule has 0 saturated carbocycles. The lowest BCUT2D eigenvalue weighted by molar-refractivity contribution is -0.144. The van der Waals surface area contributed by atoms with Crippen LogP contribution in [0.1, 0.15) is 17.0 Å². The molecule has 0 N–H and O–H groups in total. The van der Waals surface area contributed by atoms with Gasteiger partial charge in [0.15, 0.2) is 0 Å². The van der Waals surface area contributed by atoms with Crippen LogP contribution < -0.4 is 0 Å². The second-order valence-electron chi connectivity index (χ2n) is 3.37. The highest BCUT2D eigenvalue weighted by molar-refractivity contribution is 6.31. The molecule has 1 atom stereocenters. The Hall–Kier alpha value is -1.56. The number of aldehydes is 1. The molecule has 1 aromatic rings. The molecular formula is C11H8ClF3O3. The van der Waals surface area contributed by atoms with Crippen LogP contribution in [0.25, 0.3) is 0 Å². The Morgan fingerprint density at radius 2 is 2.06 bits per heavy atom. The zero-order valence-corrected chi connectivity index (χ0v) is 9.88. The Labute approximate surface area is 105 Å². The summed E-state index contributed by atoms with van der Waals surface area (Å²) < 4.78 is 42.1. The molecule has 1 unspecified atom stereocenters. The van der Waals surface area contributed by atoms with E-state index >= 15 is 0 Å². The van der Waals surface area contributed by atoms with Crippen LogP contribution >= 0.6 is 11.6 Å². The van der Waals surface area contributed by atoms with Crippen LogP contribution in [-0.2, 0) is 20.5 Å². The first-order chi connectivity index (χ1) is 8.31. The van der Waals surface area contributed by atoms with Gasteiger partial charge in [-0.2, -0.15) is 13.2 Å². The third kappa shape index (κ3) is 3.01. The van der Waals surface area contributed by atoms with Gasteiger partial charge in [-0.25, -0.2) is 0 Å². The standard InChI is InChI=1S/C11H8ClF3O3/c1-18-10(17)7(5-16)6-2-3-9(12)8(4-6)11(13,14)15/h2-5,7H,1H3. The molecule has 0 aliphatic carbocycles. The Balaban J connectivity index is 3.27. The van der Waals surface area contributed by atoms with E-state index in [9.17, 15) is 22.8 Å². The highest BCUT2D eigenvalue weighted by Gasteiger charge is 2.34. The van der Waals surface area contributed by atoms with Crippen LogP contribution in [0.2, 0.25) is 5.02 Å². The second-order valence-corrected chi connectivity index (χ2v) is 3.78. The number of hydrogen-bond donors (Lipinski definition) is 0. The molecular weight excluding hydrogens is 273 g/mol. The number of halogens is 4. The van der Waals surface area contributed by atoms with E-state index in [0.717, 1.165) is 13.2 Å². The zero-order valence-electron chi connectivity index (χ0n) is 9.12. The smallest absolute Gasteiger partial charge is 0.417 e. The number of alkyl halides is 3. The van der Waals surface area contributed by atoms with Gasteiger partial charge in [-0.15, -0.1) is 0 Å². The van der Waals surface area contributed by atoms with Crippen molar-refractivity contribution in [2.24, 2.45) is 0 Å². The predicted octanol–water partition coefficient (Wildman–Crippen LogP) is 2.81. The Bertz CT molecular complexity index is 471. The number of carbonyl (C=O) groups is 2. The van der Waals surface area contributed by atoms with Gasteiger partial charge in [-0.05, 0) is 17.7 Å². The van der Waals surface area contributed by atoms with Crippen LogP contribution in [0, 0.1) is 0 Å². The van der Waals surface area contributed by atoms with E-state index < -0.39 is 28.6 Å². The fourth-order valence-electron chi connectivity index (χ4n) is 1.35. The van der Waals surface area contributed by atoms with Crippen molar-refractivity contribution in [1.82, 2.24) is 0 Å². The molecule has 0 aliphatic rings. The first kappa shape index (κ1) is 14.5. The van der Waals surface area contributed by atoms with Crippen molar-refractivity contribution in [3.8, 4) is 0 Å². The van der Waals surface area contributed by atoms with Crippen molar-refractivity contribution in [3.63, 3.8) is 0 Å². The Kier molecular flexibility index (Phi) is 4.34. The molecule has 1 aromatic carbocycles. The topological polar surface area (TPSA) is 43.4 Å². The van der Waals surface area contributed by atoms with E-state index in [4.69, 9.17) is 11.6 Å². The largest absolute Gasteiger partial charge is 0.468 e. The summed E-state index contributed by atoms with van der Waals surface area (Å²) in [5.74, 6) is -2.33. The van der Waals surface area contributed by atoms with Crippen LogP contribution in [0.5, 0.6) is 0 Å². The molecule has 18 heavy (non-hydrogen) atoms. The molecule has 98 valence electrons. The second kappa shape index (κ2) is 5.39. The van der Waals surface area contributed by atoms with Crippen LogP contribution in [0.4, 0.5) is 13.2 Å². The maximum atomic E-state index is 12.6. The number of hydrogen-bond acceptors (Lipinski definition) is 3. The molecule has 0 aliphatic heterocycles. The van der Waals surface area contributed by atoms with Gasteiger partial charge in [0.25, 0.3) is 0 Å². The van der Waals surface area contributed by atoms with Crippen molar-refractivity contribution >= 4 is 23.9 Å². The average Bonchev–Trinajstić information content (AvgIpc) is 2.30. The summed E-state index contributed by atoms with van der Waals surface area (Å²) in [5, 5.41) is -0.499. The summed E-state index contributed by atoms with van der Waals surface area (Å²) in [6.07, 6.45) is -4.44. The molecule has 1 rings (SSSR count). The minimum atomic E-state index is -4.66. The van der Waals surface area contributed by atoms with Gasteiger partial charge >= 0.3 is 12.1 Å². The van der Waals surface area contributed by atoms with Crippen LogP contribution in [0.15, 0.2) is 18.2 Å². The average molecular weight is 281 g/mol. The van der Waals surface area contributed by atoms with Gasteiger partial charge in [0.05, 0.1) is 17.7 Å². The number of rotatable bonds is 3. The molecule has 0 bridgehead atoms. The molecule has 0 amide bonds. The summed E-state index contributed by atoms with van der Waals surface area (Å²) in [7, 11) is 1.04. The van der Waals surface area contributed by atoms with E-state index in [2.05, 4.69) is 4.74 Å². The number of ether oxygens (including phenoxy) is 1. The van der Waals surface area contributed by atoms with Crippen LogP contribution in [-0.4, -0.2) is 19.4 Å². The number of carbonyl (C=O) groups excluding carboxylic acids is 2. The highest BCUT2D eigenvalue weighted by Crippen LogP contribution is 2.36. The maximum absolute atomic E-state index is 12.6. The van der Waals surface area contributed by atoms with E-state index in [1.807, 2.05) is 0 Å². The van der Waals surface area contributed by atoms with E-state index in [-0.39, 0.29) is 11.8 Å². The minimum absolute atomic E-state index is 0.117. The maximum Gasteiger partial charge on any atom is 0.417 e. The lowest BCUT2D eigenvalue weighted by Gasteiger charge is -2.13. The van der Waals surface area contributed by atoms with E-state index in [0.29, 0.717) is 6.07 Å². The predicted molar refractivity (Wildman–Crippen MR) is 57.3 cm³/mol. The number of benzene rings is 1. The van der Waals surface area contributed by atoms with Crippen molar-refractivity contribution in [2.45, 2.75) is 12.1 Å². The summed E-state index contributed by atoms with van der Waals surface area (Å²) >= 11 is 5.42. The summed E-state index contributed by atoms with van der Waals surface area (Å²) in [6, 6.07) is 2.82. The number of methoxy groups -OCH3 is 1. The zero-order chi connectivity index (χ0) is 13.9. The first-order valence-corrected chi connectivity index (χ1v) is 5.08. The molecule has 0 fully saturated rings. The van der Waals surface area contributed by atoms with Crippen molar-refractivity contribution < 1.29 is 27.5 Å². The van der Waals surface area contributed by atoms with E-state index in [1.165, 1.54) is 6.07 Å². The monoisotopic (exact) mass is 280 g/mol. The van der Waals surface area contributed by atoms with Gasteiger partial charge in [-0.1, -0.05) is 17.7 Å². The SMILES string of the molecule is COC(=O)C(C=O)c1ccc(Cl)c(C(F)(F)F)c1. The highest BCUT2D eigenvalue weighted by atomic mass is 35.5. The Morgan fingerprint density at radius 1 is 1.44 bits per heavy atom. The third-order valence-corrected chi connectivity index (χ3v) is 2.58. The van der Waals surface area contributed by atoms with E-state index in [1.54, 1.807) is 0 Å². The lowest BCUT2D eigenvalue weighted by atomic mass is 9.98. The molecule has 0 radical (unpaired) electrons. The third-order valence-electron chi connectivity index (χ3n) is 2.25. The lowest BCUT2D eigenvalue weighted by Crippen LogP contribution is -2.16. The molecule has 0 heterocycles. The summed E-state index contributed by atoms with van der Waals surface area (Å²) in [4.78, 5) is 22.0. The van der Waals surface area contributed by atoms with Gasteiger partial charge in [0.2, 0.25) is 0 Å². The van der Waals surface area contributed by atoms with Crippen molar-refractivity contribution in [1.29, 1.82) is 0 Å². The van der Waals surface area contributed by atoms with Crippen molar-refractivity contribution in [2.75, 3.05) is 7.11 Å². The van der Waals surface area contributed by atoms with Gasteiger partial charge in [0, 0.05) is 0 Å². The normalized spacial score (nSPS) is 12.9. The quantitative estimate of drug-likeness (QED) is 0.486. The molecule has 7 heteroatoms. The summed E-state index contributed by atoms with van der Waals surface area (Å²) in [5.41, 5.74) is -1.22. The first-order valence-electron chi connectivity index (χ1n) is 4.71. The van der Waals surface area contributed by atoms with Crippen molar-refractivity contribution in [3.05, 3.63) is 34.3 Å². The fourth-order valence-corrected chi connectivity index (χ4v) is 1.58. The molecule has 3 nitrogen and oxygen atoms in total. The molecule has 0 aromatic heterocycles. The van der Waals surface area contributed by atoms with Gasteiger partial charge in [0.1, 0.15) is 12.2 Å². The Morgan fingerprint density at radius 3 is 2.50 bits per heavy atom. The minimum Gasteiger partial charge on any atom is -0.468 e. The number of esters is 1. The van der Waals surface area contributed by atoms with Crippen LogP contribution in [0.3, 0.4) is 0 Å². The molecule has 0 saturated heterocycles. The van der Waals surface area contributed by atoms with Gasteiger partial charge < -0.3 is 9.53 Å². The van der Waals surface area contributed by atoms with Gasteiger partial charge in [-0.3, -0.25) is 4.79 Å². The fraction of sp³-hybridized carbons (Fsp3) is 0.273.